The van der Waals surface area contributed by atoms with E-state index in [1.807, 2.05) is 74.8 Å². The number of fused-ring (bicyclic) bond motifs is 1. The molecule has 0 fully saturated rings. The summed E-state index contributed by atoms with van der Waals surface area (Å²) >= 11 is 6.05. The molecule has 28 heavy (non-hydrogen) atoms. The van der Waals surface area contributed by atoms with Gasteiger partial charge in [0, 0.05) is 24.2 Å². The van der Waals surface area contributed by atoms with E-state index in [4.69, 9.17) is 16.3 Å². The molecule has 0 aliphatic heterocycles. The van der Waals surface area contributed by atoms with E-state index in [0.29, 0.717) is 23.0 Å². The maximum Gasteiger partial charge on any atom is 0.230 e. The minimum atomic E-state index is 0.0113. The monoisotopic (exact) mass is 399 g/mol. The smallest absolute Gasteiger partial charge is 0.230 e. The Labute approximate surface area is 170 Å². The van der Waals surface area contributed by atoms with Gasteiger partial charge < -0.3 is 4.74 Å². The van der Waals surface area contributed by atoms with Gasteiger partial charge in [0.15, 0.2) is 11.4 Å². The average Bonchev–Trinajstić information content (AvgIpc) is 3.03. The summed E-state index contributed by atoms with van der Waals surface area (Å²) in [5.41, 5.74) is 2.47. The van der Waals surface area contributed by atoms with Crippen molar-refractivity contribution < 1.29 is 9.53 Å². The molecule has 6 heteroatoms. The van der Waals surface area contributed by atoms with Crippen LogP contribution in [0.3, 0.4) is 0 Å². The predicted molar refractivity (Wildman–Crippen MR) is 113 cm³/mol. The minimum absolute atomic E-state index is 0.0113. The van der Waals surface area contributed by atoms with E-state index in [0.717, 1.165) is 29.9 Å². The molecule has 0 saturated carbocycles. The second-order valence-electron chi connectivity index (χ2n) is 6.92. The minimum Gasteiger partial charge on any atom is -0.485 e. The van der Waals surface area contributed by atoms with Crippen LogP contribution in [0.5, 0.6) is 5.75 Å². The number of benzene rings is 1. The zero-order valence-corrected chi connectivity index (χ0v) is 17.5. The maximum atomic E-state index is 12.9. The number of hydrogen-bond donors (Lipinski definition) is 0. The quantitative estimate of drug-likeness (QED) is 0.543. The van der Waals surface area contributed by atoms with Gasteiger partial charge in [-0.05, 0) is 49.6 Å². The molecule has 3 aromatic rings. The van der Waals surface area contributed by atoms with Crippen molar-refractivity contribution >= 4 is 29.0 Å². The van der Waals surface area contributed by atoms with Crippen molar-refractivity contribution in [2.24, 2.45) is 5.92 Å². The molecule has 148 valence electrons. The van der Waals surface area contributed by atoms with Crippen LogP contribution in [-0.2, 0) is 11.4 Å². The lowest BCUT2D eigenvalue weighted by Crippen LogP contribution is -2.33. The fraction of sp³-hybridized carbons (Fsp3) is 0.364. The van der Waals surface area contributed by atoms with Gasteiger partial charge in [-0.3, -0.25) is 14.1 Å². The highest BCUT2D eigenvalue weighted by atomic mass is 35.5. The van der Waals surface area contributed by atoms with Crippen LogP contribution in [-0.4, -0.2) is 22.3 Å². The van der Waals surface area contributed by atoms with Crippen LogP contribution >= 0.6 is 11.6 Å². The Morgan fingerprint density at radius 2 is 2.00 bits per heavy atom. The highest BCUT2D eigenvalue weighted by Crippen LogP contribution is 2.29. The van der Waals surface area contributed by atoms with E-state index in [2.05, 4.69) is 4.98 Å². The van der Waals surface area contributed by atoms with Crippen LogP contribution in [0.2, 0.25) is 5.02 Å². The highest BCUT2D eigenvalue weighted by molar-refractivity contribution is 6.30. The van der Waals surface area contributed by atoms with Gasteiger partial charge in [-0.2, -0.15) is 0 Å². The molecule has 0 bridgehead atoms. The lowest BCUT2D eigenvalue weighted by molar-refractivity contribution is -0.122. The summed E-state index contributed by atoms with van der Waals surface area (Å²) in [7, 11) is 1.82. The number of imidazole rings is 1. The third-order valence-electron chi connectivity index (χ3n) is 5.02. The fourth-order valence-electron chi connectivity index (χ4n) is 3.46. The number of hydrogen-bond acceptors (Lipinski definition) is 3. The fourth-order valence-corrected chi connectivity index (χ4v) is 3.68. The van der Waals surface area contributed by atoms with Crippen molar-refractivity contribution in [2.75, 3.05) is 11.9 Å². The number of rotatable bonds is 7. The number of anilines is 1. The second kappa shape index (κ2) is 8.65. The maximum absolute atomic E-state index is 12.9. The molecule has 0 spiro atoms. The molecule has 0 saturated heterocycles. The first-order valence-corrected chi connectivity index (χ1v) is 9.96. The Kier molecular flexibility index (Phi) is 6.25. The summed E-state index contributed by atoms with van der Waals surface area (Å²) in [6, 6.07) is 11.4. The normalized spacial score (nSPS) is 11.2. The number of amides is 1. The van der Waals surface area contributed by atoms with E-state index < -0.39 is 0 Å². The van der Waals surface area contributed by atoms with E-state index in [1.165, 1.54) is 0 Å². The summed E-state index contributed by atoms with van der Waals surface area (Å²) < 4.78 is 7.93. The van der Waals surface area contributed by atoms with Crippen molar-refractivity contribution in [2.45, 2.75) is 40.2 Å². The zero-order valence-electron chi connectivity index (χ0n) is 16.8. The van der Waals surface area contributed by atoms with Crippen LogP contribution in [0.1, 0.15) is 37.9 Å². The number of halogens is 1. The molecule has 2 heterocycles. The van der Waals surface area contributed by atoms with Crippen LogP contribution in [0.15, 0.2) is 42.6 Å². The molecule has 1 aromatic carbocycles. The van der Waals surface area contributed by atoms with Crippen LogP contribution in [0.25, 0.3) is 5.65 Å². The molecule has 3 rings (SSSR count). The van der Waals surface area contributed by atoms with E-state index in [9.17, 15) is 4.79 Å². The standard InChI is InChI=1S/C22H26ClN3O2/c1-5-17(6-2)22(27)25(4)21-15(3)24-20-19(11-8-12-26(20)21)28-14-16-9-7-10-18(23)13-16/h7-13,17H,5-6,14H2,1-4H3. The molecule has 1 amide bonds. The van der Waals surface area contributed by atoms with E-state index in [1.54, 1.807) is 4.90 Å². The highest BCUT2D eigenvalue weighted by Gasteiger charge is 2.24. The summed E-state index contributed by atoms with van der Waals surface area (Å²) in [5.74, 6) is 1.57. The number of carbonyl (C=O) groups is 1. The van der Waals surface area contributed by atoms with Gasteiger partial charge in [-0.15, -0.1) is 0 Å². The van der Waals surface area contributed by atoms with Gasteiger partial charge in [0.2, 0.25) is 5.91 Å². The Hall–Kier alpha value is -2.53. The number of nitrogens with zero attached hydrogens (tertiary/aromatic N) is 3. The van der Waals surface area contributed by atoms with Gasteiger partial charge in [0.1, 0.15) is 12.4 Å². The van der Waals surface area contributed by atoms with Crippen LogP contribution < -0.4 is 9.64 Å². The summed E-state index contributed by atoms with van der Waals surface area (Å²) in [6.45, 7) is 6.40. The molecule has 0 radical (unpaired) electrons. The third-order valence-corrected chi connectivity index (χ3v) is 5.26. The van der Waals surface area contributed by atoms with Crippen molar-refractivity contribution in [1.82, 2.24) is 9.38 Å². The summed E-state index contributed by atoms with van der Waals surface area (Å²) in [6.07, 6.45) is 3.56. The first-order valence-electron chi connectivity index (χ1n) is 9.58. The molecular weight excluding hydrogens is 374 g/mol. The van der Waals surface area contributed by atoms with Crippen molar-refractivity contribution in [3.63, 3.8) is 0 Å². The number of ether oxygens (including phenoxy) is 1. The van der Waals surface area contributed by atoms with E-state index >= 15 is 0 Å². The largest absolute Gasteiger partial charge is 0.485 e. The van der Waals surface area contributed by atoms with Gasteiger partial charge >= 0.3 is 0 Å². The van der Waals surface area contributed by atoms with Gasteiger partial charge in [0.25, 0.3) is 0 Å². The second-order valence-corrected chi connectivity index (χ2v) is 7.35. The van der Waals surface area contributed by atoms with Gasteiger partial charge in [-0.25, -0.2) is 4.98 Å². The van der Waals surface area contributed by atoms with Crippen molar-refractivity contribution in [1.29, 1.82) is 0 Å². The molecule has 0 atom stereocenters. The molecular formula is C22H26ClN3O2. The van der Waals surface area contributed by atoms with Crippen molar-refractivity contribution in [3.8, 4) is 5.75 Å². The third kappa shape index (κ3) is 3.99. The predicted octanol–water partition coefficient (Wildman–Crippen LogP) is 5.27. The van der Waals surface area contributed by atoms with Crippen LogP contribution in [0.4, 0.5) is 5.82 Å². The SMILES string of the molecule is CCC(CC)C(=O)N(C)c1c(C)nc2c(OCc3cccc(Cl)c3)cccn12. The molecule has 2 aromatic heterocycles. The topological polar surface area (TPSA) is 46.8 Å². The molecule has 5 nitrogen and oxygen atoms in total. The number of pyridine rings is 1. The first-order chi connectivity index (χ1) is 13.5. The first kappa shape index (κ1) is 20.2. The van der Waals surface area contributed by atoms with Gasteiger partial charge in [-0.1, -0.05) is 37.6 Å². The Bertz CT molecular complexity index is 979. The molecule has 0 aliphatic carbocycles. The number of carbonyl (C=O) groups excluding carboxylic acids is 1. The lowest BCUT2D eigenvalue weighted by Gasteiger charge is -2.22. The average molecular weight is 400 g/mol. The Morgan fingerprint density at radius 3 is 2.68 bits per heavy atom. The van der Waals surface area contributed by atoms with E-state index in [-0.39, 0.29) is 11.8 Å². The lowest BCUT2D eigenvalue weighted by atomic mass is 10.0. The molecule has 0 aliphatic rings. The van der Waals surface area contributed by atoms with Gasteiger partial charge in [0.05, 0.1) is 5.69 Å². The Morgan fingerprint density at radius 1 is 1.25 bits per heavy atom. The number of aromatic nitrogens is 2. The molecule has 0 unspecified atom stereocenters. The number of aryl methyl sites for hydroxylation is 1. The zero-order chi connectivity index (χ0) is 20.3. The van der Waals surface area contributed by atoms with Crippen LogP contribution in [0, 0.1) is 12.8 Å². The summed E-state index contributed by atoms with van der Waals surface area (Å²) in [4.78, 5) is 19.3. The molecule has 0 N–H and O–H groups in total. The summed E-state index contributed by atoms with van der Waals surface area (Å²) in [5, 5.41) is 0.680. The Balaban J connectivity index is 1.92. The van der Waals surface area contributed by atoms with Crippen molar-refractivity contribution in [3.05, 3.63) is 58.9 Å².